The molecule has 1 amide bonds. The molecule has 28 heavy (non-hydrogen) atoms. The lowest BCUT2D eigenvalue weighted by Crippen LogP contribution is -2.44. The second-order valence-electron chi connectivity index (χ2n) is 6.27. The fourth-order valence-corrected chi connectivity index (χ4v) is 4.98. The standard InChI is InChI=1S/C19H22Cl2N2O3S2/c1-12-5-4-6-16(13(12)2)22-19(24)17(9-10-27-3)23-28(25,26)18-11-14(20)7-8-15(18)21/h4-8,11,17,23H,9-10H2,1-3H3,(H,22,24). The van der Waals surface area contributed by atoms with Gasteiger partial charge in [-0.15, -0.1) is 0 Å². The Kier molecular flexibility index (Phi) is 8.21. The lowest BCUT2D eigenvalue weighted by Gasteiger charge is -2.20. The van der Waals surface area contributed by atoms with E-state index in [0.29, 0.717) is 17.9 Å². The summed E-state index contributed by atoms with van der Waals surface area (Å²) in [5.41, 5.74) is 2.61. The molecule has 0 radical (unpaired) electrons. The van der Waals surface area contributed by atoms with Crippen LogP contribution in [-0.2, 0) is 14.8 Å². The van der Waals surface area contributed by atoms with E-state index in [2.05, 4.69) is 10.0 Å². The smallest absolute Gasteiger partial charge is 0.242 e. The van der Waals surface area contributed by atoms with E-state index in [1.54, 1.807) is 6.07 Å². The SMILES string of the molecule is CSCCC(NS(=O)(=O)c1cc(Cl)ccc1Cl)C(=O)Nc1cccc(C)c1C. The number of hydrogen-bond donors (Lipinski definition) is 2. The van der Waals surface area contributed by atoms with E-state index in [4.69, 9.17) is 23.2 Å². The van der Waals surface area contributed by atoms with Gasteiger partial charge in [-0.05, 0) is 67.7 Å². The fourth-order valence-electron chi connectivity index (χ4n) is 2.52. The Morgan fingerprint density at radius 2 is 1.89 bits per heavy atom. The number of nitrogens with one attached hydrogen (secondary N) is 2. The van der Waals surface area contributed by atoms with Gasteiger partial charge < -0.3 is 5.32 Å². The van der Waals surface area contributed by atoms with Crippen LogP contribution in [0.5, 0.6) is 0 Å². The zero-order valence-corrected chi connectivity index (χ0v) is 18.9. The van der Waals surface area contributed by atoms with Crippen LogP contribution < -0.4 is 10.0 Å². The van der Waals surface area contributed by atoms with Crippen molar-refractivity contribution in [1.29, 1.82) is 0 Å². The first kappa shape index (κ1) is 23.0. The van der Waals surface area contributed by atoms with Gasteiger partial charge in [0.1, 0.15) is 10.9 Å². The van der Waals surface area contributed by atoms with Gasteiger partial charge in [-0.3, -0.25) is 4.79 Å². The lowest BCUT2D eigenvalue weighted by molar-refractivity contribution is -0.117. The van der Waals surface area contributed by atoms with Crippen molar-refractivity contribution in [2.45, 2.75) is 31.2 Å². The van der Waals surface area contributed by atoms with E-state index < -0.39 is 22.0 Å². The van der Waals surface area contributed by atoms with Gasteiger partial charge in [-0.2, -0.15) is 16.5 Å². The molecule has 2 N–H and O–H groups in total. The van der Waals surface area contributed by atoms with Crippen LogP contribution in [-0.4, -0.2) is 32.4 Å². The third-order valence-electron chi connectivity index (χ3n) is 4.27. The van der Waals surface area contributed by atoms with Crippen LogP contribution in [0.3, 0.4) is 0 Å². The Bertz CT molecular complexity index is 966. The topological polar surface area (TPSA) is 75.3 Å². The number of carbonyl (C=O) groups is 1. The third kappa shape index (κ3) is 5.87. The summed E-state index contributed by atoms with van der Waals surface area (Å²) in [5.74, 6) is 0.181. The van der Waals surface area contributed by atoms with Gasteiger partial charge in [0.2, 0.25) is 15.9 Å². The summed E-state index contributed by atoms with van der Waals surface area (Å²) in [4.78, 5) is 12.7. The number of amides is 1. The Hall–Kier alpha value is -1.25. The van der Waals surface area contributed by atoms with Crippen LogP contribution >= 0.6 is 35.0 Å². The molecule has 0 fully saturated rings. The first-order valence-corrected chi connectivity index (χ1v) is 12.1. The van der Waals surface area contributed by atoms with Crippen LogP contribution in [0, 0.1) is 13.8 Å². The summed E-state index contributed by atoms with van der Waals surface area (Å²) in [6.45, 7) is 3.85. The molecule has 0 aromatic heterocycles. The van der Waals surface area contributed by atoms with Crippen molar-refractivity contribution in [3.05, 3.63) is 57.6 Å². The van der Waals surface area contributed by atoms with E-state index in [1.165, 1.54) is 30.0 Å². The first-order valence-electron chi connectivity index (χ1n) is 8.49. The number of sulfonamides is 1. The summed E-state index contributed by atoms with van der Waals surface area (Å²) in [6, 6.07) is 8.79. The quantitative estimate of drug-likeness (QED) is 0.600. The van der Waals surface area contributed by atoms with Crippen LogP contribution in [0.15, 0.2) is 41.3 Å². The van der Waals surface area contributed by atoms with Crippen molar-refractivity contribution in [1.82, 2.24) is 4.72 Å². The number of halogens is 2. The molecule has 152 valence electrons. The van der Waals surface area contributed by atoms with Crippen molar-refractivity contribution in [2.24, 2.45) is 0 Å². The molecule has 9 heteroatoms. The summed E-state index contributed by atoms with van der Waals surface area (Å²) in [7, 11) is -4.04. The van der Waals surface area contributed by atoms with Gasteiger partial charge >= 0.3 is 0 Å². The molecule has 2 aromatic carbocycles. The monoisotopic (exact) mass is 460 g/mol. The highest BCUT2D eigenvalue weighted by atomic mass is 35.5. The average Bonchev–Trinajstić information content (AvgIpc) is 2.64. The number of hydrogen-bond acceptors (Lipinski definition) is 4. The van der Waals surface area contributed by atoms with Crippen LogP contribution in [0.2, 0.25) is 10.0 Å². The van der Waals surface area contributed by atoms with Crippen molar-refractivity contribution in [3.8, 4) is 0 Å². The Morgan fingerprint density at radius 1 is 1.18 bits per heavy atom. The summed E-state index contributed by atoms with van der Waals surface area (Å²) < 4.78 is 28.1. The highest BCUT2D eigenvalue weighted by molar-refractivity contribution is 7.98. The molecular formula is C19H22Cl2N2O3S2. The van der Waals surface area contributed by atoms with Crippen molar-refractivity contribution >= 4 is 56.6 Å². The number of aryl methyl sites for hydroxylation is 1. The van der Waals surface area contributed by atoms with Crippen molar-refractivity contribution in [3.63, 3.8) is 0 Å². The van der Waals surface area contributed by atoms with Crippen molar-refractivity contribution < 1.29 is 13.2 Å². The molecule has 0 spiro atoms. The minimum atomic E-state index is -4.04. The van der Waals surface area contributed by atoms with E-state index in [1.807, 2.05) is 32.2 Å². The van der Waals surface area contributed by atoms with E-state index in [9.17, 15) is 13.2 Å². The van der Waals surface area contributed by atoms with Gasteiger partial charge in [-0.25, -0.2) is 8.42 Å². The molecule has 0 aliphatic heterocycles. The lowest BCUT2D eigenvalue weighted by atomic mass is 10.1. The van der Waals surface area contributed by atoms with Crippen LogP contribution in [0.4, 0.5) is 5.69 Å². The Labute approximate surface area is 180 Å². The van der Waals surface area contributed by atoms with Crippen LogP contribution in [0.1, 0.15) is 17.5 Å². The van der Waals surface area contributed by atoms with E-state index in [0.717, 1.165) is 11.1 Å². The molecule has 2 aromatic rings. The Balaban J connectivity index is 2.28. The third-order valence-corrected chi connectivity index (χ3v) is 7.10. The molecular weight excluding hydrogens is 439 g/mol. The highest BCUT2D eigenvalue weighted by Gasteiger charge is 2.27. The minimum Gasteiger partial charge on any atom is -0.324 e. The Morgan fingerprint density at radius 3 is 2.57 bits per heavy atom. The molecule has 0 aliphatic carbocycles. The summed E-state index contributed by atoms with van der Waals surface area (Å²) in [6.07, 6.45) is 2.22. The summed E-state index contributed by atoms with van der Waals surface area (Å²) >= 11 is 13.5. The van der Waals surface area contributed by atoms with E-state index >= 15 is 0 Å². The van der Waals surface area contributed by atoms with Gasteiger partial charge in [0.15, 0.2) is 0 Å². The maximum absolute atomic E-state index is 12.8. The van der Waals surface area contributed by atoms with Gasteiger partial charge in [0, 0.05) is 10.7 Å². The molecule has 1 unspecified atom stereocenters. The van der Waals surface area contributed by atoms with Gasteiger partial charge in [0.05, 0.1) is 5.02 Å². The number of carbonyl (C=O) groups excluding carboxylic acids is 1. The molecule has 0 heterocycles. The number of thioether (sulfide) groups is 1. The number of anilines is 1. The highest BCUT2D eigenvalue weighted by Crippen LogP contribution is 2.25. The average molecular weight is 461 g/mol. The number of benzene rings is 2. The zero-order chi connectivity index (χ0) is 20.9. The van der Waals surface area contributed by atoms with Gasteiger partial charge in [-0.1, -0.05) is 35.3 Å². The normalized spacial score (nSPS) is 12.6. The maximum Gasteiger partial charge on any atom is 0.242 e. The first-order chi connectivity index (χ1) is 13.2. The number of rotatable bonds is 8. The molecule has 2 rings (SSSR count). The summed E-state index contributed by atoms with van der Waals surface area (Å²) in [5, 5.41) is 3.10. The van der Waals surface area contributed by atoms with Crippen molar-refractivity contribution in [2.75, 3.05) is 17.3 Å². The molecule has 0 bridgehead atoms. The predicted molar refractivity (Wildman–Crippen MR) is 118 cm³/mol. The molecule has 0 saturated heterocycles. The fraction of sp³-hybridized carbons (Fsp3) is 0.316. The zero-order valence-electron chi connectivity index (χ0n) is 15.8. The van der Waals surface area contributed by atoms with E-state index in [-0.39, 0.29) is 14.9 Å². The molecule has 0 saturated carbocycles. The second-order valence-corrected chi connectivity index (χ2v) is 9.78. The second kappa shape index (κ2) is 9.98. The minimum absolute atomic E-state index is 0.0375. The maximum atomic E-state index is 12.8. The molecule has 1 atom stereocenters. The molecule has 5 nitrogen and oxygen atoms in total. The van der Waals surface area contributed by atoms with Gasteiger partial charge in [0.25, 0.3) is 0 Å². The predicted octanol–water partition coefficient (Wildman–Crippen LogP) is 4.65. The largest absolute Gasteiger partial charge is 0.324 e. The van der Waals surface area contributed by atoms with Crippen LogP contribution in [0.25, 0.3) is 0 Å². The molecule has 0 aliphatic rings.